The van der Waals surface area contributed by atoms with Crippen LogP contribution in [-0.2, 0) is 25.7 Å². The lowest BCUT2D eigenvalue weighted by Crippen LogP contribution is -2.65. The van der Waals surface area contributed by atoms with Crippen molar-refractivity contribution in [3.8, 4) is 0 Å². The predicted molar refractivity (Wildman–Crippen MR) is 90.6 cm³/mol. The number of nitro benzene ring substituents is 1. The second-order valence-corrected chi connectivity index (χ2v) is 5.79. The third kappa shape index (κ3) is 4.18. The molecule has 2 rings (SSSR count). The Hall–Kier alpha value is -4.08. The Balaban J connectivity index is 2.01. The SMILES string of the molecule is C[C@H](C(=O)C(=[N+]=[N-])C(=O)OCc1ccc([N+](=O)[O-])cc1)[C@H]1NC(=O)[C@H]1N=[N+]=[N-]. The summed E-state index contributed by atoms with van der Waals surface area (Å²) < 4.78 is 4.89. The van der Waals surface area contributed by atoms with Crippen LogP contribution >= 0.6 is 0 Å². The summed E-state index contributed by atoms with van der Waals surface area (Å²) >= 11 is 0. The molecule has 0 radical (unpaired) electrons. The Bertz CT molecular complexity index is 929. The molecule has 0 bridgehead atoms. The minimum atomic E-state index is -1.22. The second kappa shape index (κ2) is 8.54. The molecule has 3 atom stereocenters. The number of Topliss-reactive ketones (excluding diaryl/α,β-unsaturated/α-hetero) is 1. The smallest absolute Gasteiger partial charge is 0.441 e. The van der Waals surface area contributed by atoms with Gasteiger partial charge in [-0.25, -0.2) is 4.79 Å². The van der Waals surface area contributed by atoms with Crippen LogP contribution in [0.5, 0.6) is 0 Å². The summed E-state index contributed by atoms with van der Waals surface area (Å²) in [7, 11) is 0. The number of nitrogens with one attached hydrogen (secondary N) is 1. The van der Waals surface area contributed by atoms with Gasteiger partial charge in [-0.3, -0.25) is 19.7 Å². The van der Waals surface area contributed by atoms with Gasteiger partial charge in [0.2, 0.25) is 5.91 Å². The van der Waals surface area contributed by atoms with Crippen molar-refractivity contribution in [3.05, 3.63) is 55.9 Å². The molecule has 0 saturated carbocycles. The van der Waals surface area contributed by atoms with Gasteiger partial charge in [0, 0.05) is 23.0 Å². The van der Waals surface area contributed by atoms with E-state index in [2.05, 4.69) is 20.1 Å². The highest BCUT2D eigenvalue weighted by molar-refractivity contribution is 6.62. The third-order valence-corrected chi connectivity index (χ3v) is 4.09. The number of benzene rings is 1. The molecule has 13 nitrogen and oxygen atoms in total. The normalized spacial score (nSPS) is 18.4. The molecule has 0 spiro atoms. The van der Waals surface area contributed by atoms with E-state index >= 15 is 0 Å². The fourth-order valence-electron chi connectivity index (χ4n) is 2.47. The maximum Gasteiger partial charge on any atom is 0.441 e. The monoisotopic (exact) mass is 387 g/mol. The van der Waals surface area contributed by atoms with Crippen molar-refractivity contribution in [3.63, 3.8) is 0 Å². The number of nitro groups is 1. The third-order valence-electron chi connectivity index (χ3n) is 4.09. The highest BCUT2D eigenvalue weighted by Crippen LogP contribution is 2.20. The maximum atomic E-state index is 12.4. The molecule has 144 valence electrons. The van der Waals surface area contributed by atoms with E-state index in [-0.39, 0.29) is 12.3 Å². The number of hydrogen-bond donors (Lipinski definition) is 1. The minimum Gasteiger partial charge on any atom is -0.452 e. The van der Waals surface area contributed by atoms with E-state index in [0.717, 1.165) is 0 Å². The number of rotatable bonds is 8. The number of carbonyl (C=O) groups is 3. The number of hydrogen-bond acceptors (Lipinski definition) is 7. The zero-order valence-corrected chi connectivity index (χ0v) is 14.4. The number of ketones is 1. The van der Waals surface area contributed by atoms with Crippen LogP contribution in [0.1, 0.15) is 12.5 Å². The van der Waals surface area contributed by atoms with Crippen LogP contribution in [0.25, 0.3) is 16.0 Å². The lowest BCUT2D eigenvalue weighted by Gasteiger charge is -2.36. The molecule has 1 aromatic carbocycles. The topological polar surface area (TPSA) is 201 Å². The van der Waals surface area contributed by atoms with Crippen LogP contribution in [-0.4, -0.2) is 45.2 Å². The quantitative estimate of drug-likeness (QED) is 0.0781. The zero-order valence-electron chi connectivity index (χ0n) is 14.4. The molecular weight excluding hydrogens is 374 g/mol. The van der Waals surface area contributed by atoms with E-state index in [1.807, 2.05) is 0 Å². The van der Waals surface area contributed by atoms with Crippen LogP contribution in [0.2, 0.25) is 0 Å². The number of esters is 1. The molecule has 0 aromatic heterocycles. The average Bonchev–Trinajstić information content (AvgIpc) is 2.68. The number of carbonyl (C=O) groups excluding carboxylic acids is 3. The van der Waals surface area contributed by atoms with Crippen molar-refractivity contribution in [1.82, 2.24) is 5.32 Å². The van der Waals surface area contributed by atoms with Crippen LogP contribution < -0.4 is 5.32 Å². The van der Waals surface area contributed by atoms with Crippen molar-refractivity contribution in [1.29, 1.82) is 0 Å². The van der Waals surface area contributed by atoms with Crippen LogP contribution in [0.4, 0.5) is 5.69 Å². The molecule has 1 fully saturated rings. The first-order valence-corrected chi connectivity index (χ1v) is 7.81. The van der Waals surface area contributed by atoms with Crippen molar-refractivity contribution in [2.24, 2.45) is 11.0 Å². The fraction of sp³-hybridized carbons (Fsp3) is 0.333. The van der Waals surface area contributed by atoms with Crippen molar-refractivity contribution in [2.45, 2.75) is 25.6 Å². The number of non-ortho nitro benzene ring substituents is 1. The Morgan fingerprint density at radius 1 is 1.36 bits per heavy atom. The van der Waals surface area contributed by atoms with Crippen LogP contribution in [0.3, 0.4) is 0 Å². The summed E-state index contributed by atoms with van der Waals surface area (Å²) in [6, 6.07) is 3.19. The number of amides is 1. The van der Waals surface area contributed by atoms with Gasteiger partial charge in [-0.15, -0.1) is 0 Å². The molecule has 1 N–H and O–H groups in total. The lowest BCUT2D eigenvalue weighted by atomic mass is 9.84. The molecule has 1 heterocycles. The van der Waals surface area contributed by atoms with E-state index in [1.54, 1.807) is 0 Å². The highest BCUT2D eigenvalue weighted by atomic mass is 16.6. The first kappa shape index (κ1) is 20.2. The summed E-state index contributed by atoms with van der Waals surface area (Å²) in [4.78, 5) is 51.0. The lowest BCUT2D eigenvalue weighted by molar-refractivity contribution is -0.384. The van der Waals surface area contributed by atoms with Gasteiger partial charge in [-0.1, -0.05) is 12.0 Å². The fourth-order valence-corrected chi connectivity index (χ4v) is 2.47. The van der Waals surface area contributed by atoms with Crippen molar-refractivity contribution in [2.75, 3.05) is 0 Å². The standard InChI is InChI=1S/C15H13N7O6/c1-7(10-11(20-21-17)14(24)18-10)13(23)12(19-16)15(25)28-6-8-2-4-9(5-3-8)22(26)27/h2-5,7,10-11H,6H2,1H3,(H,18,24)/t7-,10+,11-/m0/s1. The number of β-lactam (4-membered cyclic amide) rings is 1. The predicted octanol–water partition coefficient (Wildman–Crippen LogP) is 0.691. The van der Waals surface area contributed by atoms with Crippen molar-refractivity contribution < 1.29 is 28.8 Å². The van der Waals surface area contributed by atoms with E-state index in [4.69, 9.17) is 15.8 Å². The van der Waals surface area contributed by atoms with E-state index in [9.17, 15) is 24.5 Å². The van der Waals surface area contributed by atoms with E-state index in [0.29, 0.717) is 5.56 Å². The van der Waals surface area contributed by atoms with Gasteiger partial charge in [0.15, 0.2) is 0 Å². The average molecular weight is 387 g/mol. The first-order valence-electron chi connectivity index (χ1n) is 7.81. The van der Waals surface area contributed by atoms with E-state index in [1.165, 1.54) is 31.2 Å². The largest absolute Gasteiger partial charge is 0.452 e. The molecule has 1 aliphatic heterocycles. The molecular formula is C15H13N7O6. The number of ether oxygens (including phenoxy) is 1. The van der Waals surface area contributed by atoms with Crippen LogP contribution in [0.15, 0.2) is 29.4 Å². The molecule has 1 aromatic rings. The zero-order chi connectivity index (χ0) is 20.8. The summed E-state index contributed by atoms with van der Waals surface area (Å²) in [6.07, 6.45) is 0. The molecule has 1 amide bonds. The second-order valence-electron chi connectivity index (χ2n) is 5.79. The molecule has 1 saturated heterocycles. The number of nitrogens with zero attached hydrogens (tertiary/aromatic N) is 6. The van der Waals surface area contributed by atoms with Gasteiger partial charge >= 0.3 is 11.7 Å². The Morgan fingerprint density at radius 2 is 2.00 bits per heavy atom. The van der Waals surface area contributed by atoms with Gasteiger partial charge in [0.25, 0.3) is 11.5 Å². The van der Waals surface area contributed by atoms with Crippen LogP contribution in [0, 0.1) is 16.0 Å². The Morgan fingerprint density at radius 3 is 2.50 bits per heavy atom. The van der Waals surface area contributed by atoms with Gasteiger partial charge in [0.05, 0.1) is 11.0 Å². The summed E-state index contributed by atoms with van der Waals surface area (Å²) in [6.45, 7) is 1.04. The summed E-state index contributed by atoms with van der Waals surface area (Å²) in [5.74, 6) is -3.72. The number of azide groups is 1. The summed E-state index contributed by atoms with van der Waals surface area (Å²) in [5, 5.41) is 16.3. The van der Waals surface area contributed by atoms with Gasteiger partial charge < -0.3 is 15.6 Å². The Labute approximate surface area is 156 Å². The molecule has 0 aliphatic carbocycles. The molecule has 1 aliphatic rings. The van der Waals surface area contributed by atoms with E-state index < -0.39 is 46.3 Å². The molecule has 13 heteroatoms. The van der Waals surface area contributed by atoms with Gasteiger partial charge in [0.1, 0.15) is 12.6 Å². The Kier molecular flexibility index (Phi) is 6.17. The first-order chi connectivity index (χ1) is 13.3. The molecule has 0 unspecified atom stereocenters. The highest BCUT2D eigenvalue weighted by Gasteiger charge is 2.48. The van der Waals surface area contributed by atoms with Crippen molar-refractivity contribution >= 4 is 29.1 Å². The molecule has 28 heavy (non-hydrogen) atoms. The summed E-state index contributed by atoms with van der Waals surface area (Å²) in [5.41, 5.74) is 16.8. The minimum absolute atomic E-state index is 0.145. The van der Waals surface area contributed by atoms with Gasteiger partial charge in [-0.2, -0.15) is 4.79 Å². The van der Waals surface area contributed by atoms with Gasteiger partial charge in [-0.05, 0) is 23.2 Å². The maximum absolute atomic E-state index is 12.4.